The lowest BCUT2D eigenvalue weighted by atomic mass is 10.1. The van der Waals surface area contributed by atoms with Gasteiger partial charge in [0, 0.05) is 26.2 Å². The summed E-state index contributed by atoms with van der Waals surface area (Å²) in [4.78, 5) is 24.7. The number of piperazine rings is 1. The lowest BCUT2D eigenvalue weighted by Crippen LogP contribution is -2.44. The number of carboxylic acid groups (broad SMARTS) is 2. The van der Waals surface area contributed by atoms with E-state index in [1.54, 1.807) is 24.3 Å². The Bertz CT molecular complexity index is 1190. The molecule has 35 heavy (non-hydrogen) atoms. The number of benzene rings is 2. The molecular formula is C22H26F3N3O6S. The zero-order valence-corrected chi connectivity index (χ0v) is 20.1. The van der Waals surface area contributed by atoms with E-state index in [-0.39, 0.29) is 16.1 Å². The summed E-state index contributed by atoms with van der Waals surface area (Å²) in [5, 5.41) is 16.5. The highest BCUT2D eigenvalue weighted by atomic mass is 32.2. The van der Waals surface area contributed by atoms with Crippen molar-refractivity contribution in [3.8, 4) is 0 Å². The third-order valence-corrected chi connectivity index (χ3v) is 6.73. The predicted molar refractivity (Wildman–Crippen MR) is 124 cm³/mol. The molecule has 1 heterocycles. The van der Waals surface area contributed by atoms with Gasteiger partial charge in [-0.2, -0.15) is 13.2 Å². The molecule has 0 amide bonds. The number of nitrogens with one attached hydrogen (secondary N) is 1. The van der Waals surface area contributed by atoms with Gasteiger partial charge in [0.25, 0.3) is 10.0 Å². The molecule has 2 aromatic carbocycles. The maximum atomic E-state index is 12.9. The highest BCUT2D eigenvalue weighted by Gasteiger charge is 2.38. The van der Waals surface area contributed by atoms with Gasteiger partial charge < -0.3 is 20.0 Å². The lowest BCUT2D eigenvalue weighted by Gasteiger charge is -2.35. The molecule has 3 N–H and O–H groups in total. The standard InChI is InChI=1S/C20H25N3O4S.C2HF3O2/c1-14-4-6-17(12-15(14)2)28(26,27)21-18-13-16(20(24)25)5-7-19(18)23-10-8-22(3)9-11-23;3-2(4,5)1(6)7/h4-7,12-13,21H,8-11H2,1-3H3,(H,24,25);(H,6,7). The number of rotatable bonds is 5. The van der Waals surface area contributed by atoms with Crippen LogP contribution in [-0.4, -0.2) is 74.9 Å². The van der Waals surface area contributed by atoms with Crippen LogP contribution in [0.4, 0.5) is 24.5 Å². The van der Waals surface area contributed by atoms with E-state index in [0.29, 0.717) is 5.69 Å². The van der Waals surface area contributed by atoms with Gasteiger partial charge in [0.15, 0.2) is 0 Å². The Kier molecular flexibility index (Phi) is 8.74. The lowest BCUT2D eigenvalue weighted by molar-refractivity contribution is -0.192. The molecule has 0 atom stereocenters. The molecule has 3 rings (SSSR count). The van der Waals surface area contributed by atoms with Gasteiger partial charge in [-0.15, -0.1) is 0 Å². The third kappa shape index (κ3) is 7.59. The molecule has 0 aromatic heterocycles. The van der Waals surface area contributed by atoms with Gasteiger partial charge in [0.05, 0.1) is 21.8 Å². The van der Waals surface area contributed by atoms with Gasteiger partial charge in [-0.05, 0) is 62.4 Å². The van der Waals surface area contributed by atoms with Crippen molar-refractivity contribution in [1.82, 2.24) is 4.90 Å². The quantitative estimate of drug-likeness (QED) is 0.552. The van der Waals surface area contributed by atoms with Crippen LogP contribution in [0.5, 0.6) is 0 Å². The average Bonchev–Trinajstić information content (AvgIpc) is 2.75. The smallest absolute Gasteiger partial charge is 0.478 e. The van der Waals surface area contributed by atoms with Gasteiger partial charge in [-0.1, -0.05) is 6.07 Å². The Hall–Kier alpha value is -3.32. The van der Waals surface area contributed by atoms with Gasteiger partial charge in [0.1, 0.15) is 0 Å². The Balaban J connectivity index is 0.000000540. The Labute approximate surface area is 200 Å². The molecule has 0 aliphatic carbocycles. The summed E-state index contributed by atoms with van der Waals surface area (Å²) in [6, 6.07) is 9.50. The zero-order chi connectivity index (χ0) is 26.6. The van der Waals surface area contributed by atoms with Crippen molar-refractivity contribution in [1.29, 1.82) is 0 Å². The Morgan fingerprint density at radius 2 is 1.51 bits per heavy atom. The largest absolute Gasteiger partial charge is 0.490 e. The van der Waals surface area contributed by atoms with E-state index in [1.807, 2.05) is 20.9 Å². The average molecular weight is 518 g/mol. The summed E-state index contributed by atoms with van der Waals surface area (Å²) in [5.74, 6) is -3.86. The number of carbonyl (C=O) groups is 2. The van der Waals surface area contributed by atoms with Crippen molar-refractivity contribution in [3.05, 3.63) is 53.1 Å². The number of anilines is 2. The van der Waals surface area contributed by atoms with Gasteiger partial charge in [-0.3, -0.25) is 4.72 Å². The van der Waals surface area contributed by atoms with Crippen LogP contribution in [0.15, 0.2) is 41.3 Å². The maximum Gasteiger partial charge on any atom is 0.490 e. The highest BCUT2D eigenvalue weighted by Crippen LogP contribution is 2.30. The number of hydrogen-bond acceptors (Lipinski definition) is 6. The van der Waals surface area contributed by atoms with E-state index >= 15 is 0 Å². The molecule has 0 bridgehead atoms. The number of aliphatic carboxylic acids is 1. The van der Waals surface area contributed by atoms with Crippen molar-refractivity contribution in [2.45, 2.75) is 24.9 Å². The van der Waals surface area contributed by atoms with E-state index in [9.17, 15) is 31.5 Å². The molecule has 0 radical (unpaired) electrons. The number of carboxylic acids is 2. The molecule has 0 unspecified atom stereocenters. The van der Waals surface area contributed by atoms with Crippen LogP contribution in [0.2, 0.25) is 0 Å². The van der Waals surface area contributed by atoms with Crippen molar-refractivity contribution >= 4 is 33.3 Å². The molecular weight excluding hydrogens is 491 g/mol. The number of nitrogens with zero attached hydrogens (tertiary/aromatic N) is 2. The monoisotopic (exact) mass is 517 g/mol. The molecule has 2 aromatic rings. The Morgan fingerprint density at radius 3 is 2.00 bits per heavy atom. The first kappa shape index (κ1) is 27.9. The minimum Gasteiger partial charge on any atom is -0.478 e. The Morgan fingerprint density at radius 1 is 0.943 bits per heavy atom. The molecule has 13 heteroatoms. The van der Waals surface area contributed by atoms with Crippen LogP contribution >= 0.6 is 0 Å². The SMILES string of the molecule is Cc1ccc(S(=O)(=O)Nc2cc(C(=O)O)ccc2N2CCN(C)CC2)cc1C.O=C(O)C(F)(F)F. The van der Waals surface area contributed by atoms with E-state index < -0.39 is 28.1 Å². The molecule has 192 valence electrons. The fourth-order valence-electron chi connectivity index (χ4n) is 3.16. The van der Waals surface area contributed by atoms with Gasteiger partial charge in [0.2, 0.25) is 0 Å². The number of sulfonamides is 1. The summed E-state index contributed by atoms with van der Waals surface area (Å²) in [6.07, 6.45) is -5.08. The number of aryl methyl sites for hydroxylation is 2. The van der Waals surface area contributed by atoms with Crippen LogP contribution in [0, 0.1) is 13.8 Å². The first-order valence-corrected chi connectivity index (χ1v) is 11.8. The van der Waals surface area contributed by atoms with E-state index in [4.69, 9.17) is 9.90 Å². The predicted octanol–water partition coefficient (Wildman–Crippen LogP) is 3.19. The highest BCUT2D eigenvalue weighted by molar-refractivity contribution is 7.92. The van der Waals surface area contributed by atoms with E-state index in [1.165, 1.54) is 12.1 Å². The molecule has 0 saturated carbocycles. The van der Waals surface area contributed by atoms with Crippen LogP contribution in [-0.2, 0) is 14.8 Å². The second-order valence-electron chi connectivity index (χ2n) is 7.98. The number of halogens is 3. The second kappa shape index (κ2) is 11.0. The van der Waals surface area contributed by atoms with Gasteiger partial charge >= 0.3 is 18.1 Å². The topological polar surface area (TPSA) is 127 Å². The molecule has 1 aliphatic rings. The van der Waals surface area contributed by atoms with Crippen LogP contribution < -0.4 is 9.62 Å². The summed E-state index contributed by atoms with van der Waals surface area (Å²) in [7, 11) is -1.81. The second-order valence-corrected chi connectivity index (χ2v) is 9.66. The molecule has 9 nitrogen and oxygen atoms in total. The number of alkyl halides is 3. The molecule has 1 aliphatic heterocycles. The van der Waals surface area contributed by atoms with Crippen molar-refractivity contribution in [2.24, 2.45) is 0 Å². The van der Waals surface area contributed by atoms with Crippen molar-refractivity contribution < 1.29 is 41.4 Å². The first-order chi connectivity index (χ1) is 16.1. The van der Waals surface area contributed by atoms with Crippen LogP contribution in [0.25, 0.3) is 0 Å². The molecule has 1 fully saturated rings. The van der Waals surface area contributed by atoms with Crippen LogP contribution in [0.3, 0.4) is 0 Å². The summed E-state index contributed by atoms with van der Waals surface area (Å²) < 4.78 is 60.2. The minimum atomic E-state index is -5.08. The van der Waals surface area contributed by atoms with E-state index in [2.05, 4.69) is 14.5 Å². The fourth-order valence-corrected chi connectivity index (χ4v) is 4.31. The normalized spacial score (nSPS) is 14.6. The number of hydrogen-bond donors (Lipinski definition) is 3. The van der Waals surface area contributed by atoms with E-state index in [0.717, 1.165) is 37.3 Å². The number of likely N-dealkylation sites (N-methyl/N-ethyl adjacent to an activating group) is 1. The maximum absolute atomic E-state index is 12.9. The first-order valence-electron chi connectivity index (χ1n) is 10.3. The van der Waals surface area contributed by atoms with Crippen LogP contribution in [0.1, 0.15) is 21.5 Å². The summed E-state index contributed by atoms with van der Waals surface area (Å²) in [5.41, 5.74) is 2.88. The zero-order valence-electron chi connectivity index (χ0n) is 19.3. The number of aromatic carboxylic acids is 1. The van der Waals surface area contributed by atoms with Crippen molar-refractivity contribution in [3.63, 3.8) is 0 Å². The van der Waals surface area contributed by atoms with Crippen molar-refractivity contribution in [2.75, 3.05) is 42.8 Å². The fraction of sp³-hybridized carbons (Fsp3) is 0.364. The molecule has 1 saturated heterocycles. The summed E-state index contributed by atoms with van der Waals surface area (Å²) >= 11 is 0. The molecule has 0 spiro atoms. The van der Waals surface area contributed by atoms with Gasteiger partial charge in [-0.25, -0.2) is 18.0 Å². The third-order valence-electron chi connectivity index (χ3n) is 5.36. The summed E-state index contributed by atoms with van der Waals surface area (Å²) in [6.45, 7) is 6.95. The minimum absolute atomic E-state index is 0.0377.